The van der Waals surface area contributed by atoms with Gasteiger partial charge in [0.1, 0.15) is 0 Å². The van der Waals surface area contributed by atoms with E-state index in [1.807, 2.05) is 19.9 Å². The first-order valence-corrected chi connectivity index (χ1v) is 7.68. The van der Waals surface area contributed by atoms with Crippen molar-refractivity contribution in [3.05, 3.63) is 11.6 Å². The van der Waals surface area contributed by atoms with Crippen LogP contribution in [0.25, 0.3) is 0 Å². The summed E-state index contributed by atoms with van der Waals surface area (Å²) in [6.07, 6.45) is 3.98. The van der Waals surface area contributed by atoms with Gasteiger partial charge in [0, 0.05) is 15.8 Å². The van der Waals surface area contributed by atoms with E-state index >= 15 is 0 Å². The van der Waals surface area contributed by atoms with Crippen LogP contribution in [0.1, 0.15) is 33.6 Å². The average molecular weight is 260 g/mol. The second-order valence-electron chi connectivity index (χ2n) is 3.63. The maximum absolute atomic E-state index is 11.7. The van der Waals surface area contributed by atoms with Gasteiger partial charge < -0.3 is 14.2 Å². The molecule has 0 heterocycles. The Kier molecular flexibility index (Phi) is 10.1. The van der Waals surface area contributed by atoms with E-state index in [1.54, 1.807) is 6.92 Å². The molecule has 0 N–H and O–H groups in total. The lowest BCUT2D eigenvalue weighted by Crippen LogP contribution is -2.25. The molecule has 0 aliphatic rings. The minimum Gasteiger partial charge on any atom is -0.407 e. The number of unbranched alkanes of at least 4 members (excludes halogenated alkanes) is 1. The molecule has 5 heteroatoms. The molecule has 0 unspecified atom stereocenters. The Morgan fingerprint density at radius 3 is 2.35 bits per heavy atom. The Morgan fingerprint density at radius 2 is 1.88 bits per heavy atom. The number of esters is 1. The zero-order valence-electron chi connectivity index (χ0n) is 11.3. The summed E-state index contributed by atoms with van der Waals surface area (Å²) in [4.78, 5) is 11.7. The fourth-order valence-electron chi connectivity index (χ4n) is 1.17. The van der Waals surface area contributed by atoms with E-state index in [1.165, 1.54) is 16.3 Å². The molecule has 0 radical (unpaired) electrons. The van der Waals surface area contributed by atoms with Crippen LogP contribution in [-0.4, -0.2) is 35.9 Å². The third-order valence-corrected chi connectivity index (χ3v) is 2.85. The Morgan fingerprint density at radius 1 is 1.29 bits per heavy atom. The number of rotatable bonds is 9. The summed E-state index contributed by atoms with van der Waals surface area (Å²) in [7, 11) is 1.21. The number of carbonyl (C=O) groups excluding carboxylic acids is 1. The predicted molar refractivity (Wildman–Crippen MR) is 70.9 cm³/mol. The number of hydrogen-bond acceptors (Lipinski definition) is 4. The molecular formula is C12H24O4Si. The van der Waals surface area contributed by atoms with Gasteiger partial charge in [-0.3, -0.25) is 0 Å². The second-order valence-corrected chi connectivity index (χ2v) is 4.63. The Balaban J connectivity index is 4.14. The quantitative estimate of drug-likeness (QED) is 0.207. The van der Waals surface area contributed by atoms with Gasteiger partial charge in [-0.1, -0.05) is 18.5 Å². The van der Waals surface area contributed by atoms with Gasteiger partial charge in [-0.15, -0.1) is 0 Å². The molecule has 0 aromatic rings. The monoisotopic (exact) mass is 260 g/mol. The van der Waals surface area contributed by atoms with Crippen LogP contribution in [0.3, 0.4) is 0 Å². The molecule has 0 saturated heterocycles. The first kappa shape index (κ1) is 16.3. The molecule has 17 heavy (non-hydrogen) atoms. The van der Waals surface area contributed by atoms with E-state index in [0.29, 0.717) is 18.8 Å². The molecule has 0 amide bonds. The highest BCUT2D eigenvalue weighted by Gasteiger charge is 2.15. The second kappa shape index (κ2) is 10.5. The molecule has 0 atom stereocenters. The summed E-state index contributed by atoms with van der Waals surface area (Å²) < 4.78 is 15.4. The summed E-state index contributed by atoms with van der Waals surface area (Å²) in [5.41, 5.74) is 0.615. The molecule has 0 fully saturated rings. The zero-order chi connectivity index (χ0) is 13.1. The van der Waals surface area contributed by atoms with Crippen molar-refractivity contribution >= 4 is 16.2 Å². The third kappa shape index (κ3) is 8.12. The van der Waals surface area contributed by atoms with Crippen molar-refractivity contribution in [2.75, 3.05) is 13.2 Å². The van der Waals surface area contributed by atoms with Crippen molar-refractivity contribution in [3.8, 4) is 0 Å². The molecule has 0 aliphatic carbocycles. The molecular weight excluding hydrogens is 236 g/mol. The lowest BCUT2D eigenvalue weighted by atomic mass is 10.2. The molecule has 0 rings (SSSR count). The minimum atomic E-state index is -0.889. The standard InChI is InChI=1S/C12H24O4Si/c1-4-14-12(15-5-2)16-11(13)10(3)8-6-7-9-17/h8,12H,4-7,9H2,1-3,17H3. The third-order valence-electron chi connectivity index (χ3n) is 2.14. The number of carbonyl (C=O) groups is 1. The van der Waals surface area contributed by atoms with Crippen molar-refractivity contribution in [2.24, 2.45) is 0 Å². The van der Waals surface area contributed by atoms with Crippen LogP contribution in [0.5, 0.6) is 0 Å². The molecule has 100 valence electrons. The zero-order valence-corrected chi connectivity index (χ0v) is 13.3. The summed E-state index contributed by atoms with van der Waals surface area (Å²) >= 11 is 0. The van der Waals surface area contributed by atoms with Crippen LogP contribution in [0.15, 0.2) is 11.6 Å². The van der Waals surface area contributed by atoms with Gasteiger partial charge in [0.2, 0.25) is 0 Å². The van der Waals surface area contributed by atoms with E-state index in [2.05, 4.69) is 0 Å². The smallest absolute Gasteiger partial charge is 0.337 e. The normalized spacial score (nSPS) is 12.1. The summed E-state index contributed by atoms with van der Waals surface area (Å²) in [6.45, 7) is 5.41. The molecule has 0 saturated carbocycles. The highest BCUT2D eigenvalue weighted by Crippen LogP contribution is 2.06. The molecule has 0 aromatic carbocycles. The average Bonchev–Trinajstić information content (AvgIpc) is 2.29. The van der Waals surface area contributed by atoms with Gasteiger partial charge >= 0.3 is 12.4 Å². The SMILES string of the molecule is CCOC(OCC)OC(=O)C(C)=CCCC[SiH3]. The molecule has 0 aromatic heterocycles. The van der Waals surface area contributed by atoms with Crippen molar-refractivity contribution < 1.29 is 19.0 Å². The van der Waals surface area contributed by atoms with E-state index in [4.69, 9.17) is 14.2 Å². The molecule has 4 nitrogen and oxygen atoms in total. The maximum Gasteiger partial charge on any atom is 0.337 e. The number of allylic oxidation sites excluding steroid dienone is 1. The van der Waals surface area contributed by atoms with Gasteiger partial charge in [-0.25, -0.2) is 4.79 Å². The number of ether oxygens (including phenoxy) is 3. The van der Waals surface area contributed by atoms with Gasteiger partial charge in [-0.2, -0.15) is 0 Å². The highest BCUT2D eigenvalue weighted by atomic mass is 28.1. The number of hydrogen-bond donors (Lipinski definition) is 0. The van der Waals surface area contributed by atoms with Gasteiger partial charge in [0.15, 0.2) is 0 Å². The minimum absolute atomic E-state index is 0.370. The highest BCUT2D eigenvalue weighted by molar-refractivity contribution is 6.08. The van der Waals surface area contributed by atoms with Crippen molar-refractivity contribution in [1.29, 1.82) is 0 Å². The largest absolute Gasteiger partial charge is 0.407 e. The maximum atomic E-state index is 11.7. The first-order valence-electron chi connectivity index (χ1n) is 6.26. The fourth-order valence-corrected chi connectivity index (χ4v) is 1.58. The van der Waals surface area contributed by atoms with Crippen LogP contribution >= 0.6 is 0 Å². The predicted octanol–water partition coefficient (Wildman–Crippen LogP) is 1.40. The topological polar surface area (TPSA) is 44.8 Å². The lowest BCUT2D eigenvalue weighted by Gasteiger charge is -2.16. The van der Waals surface area contributed by atoms with E-state index < -0.39 is 6.48 Å². The summed E-state index contributed by atoms with van der Waals surface area (Å²) in [6, 6.07) is 1.25. The molecule has 0 aliphatic heterocycles. The van der Waals surface area contributed by atoms with Crippen molar-refractivity contribution in [3.63, 3.8) is 0 Å². The van der Waals surface area contributed by atoms with Crippen LogP contribution in [0.2, 0.25) is 6.04 Å². The lowest BCUT2D eigenvalue weighted by molar-refractivity contribution is -0.270. The summed E-state index contributed by atoms with van der Waals surface area (Å²) in [5.74, 6) is -0.370. The first-order chi connectivity index (χ1) is 8.15. The summed E-state index contributed by atoms with van der Waals surface area (Å²) in [5, 5.41) is 0. The van der Waals surface area contributed by atoms with Gasteiger partial charge in [-0.05, 0) is 27.2 Å². The van der Waals surface area contributed by atoms with E-state index in [0.717, 1.165) is 12.8 Å². The Hall–Kier alpha value is -0.653. The van der Waals surface area contributed by atoms with Crippen LogP contribution < -0.4 is 0 Å². The van der Waals surface area contributed by atoms with E-state index in [-0.39, 0.29) is 5.97 Å². The van der Waals surface area contributed by atoms with Crippen LogP contribution in [0, 0.1) is 0 Å². The van der Waals surface area contributed by atoms with Crippen molar-refractivity contribution in [1.82, 2.24) is 0 Å². The van der Waals surface area contributed by atoms with Gasteiger partial charge in [0.05, 0.1) is 13.2 Å². The van der Waals surface area contributed by atoms with E-state index in [9.17, 15) is 4.79 Å². The fraction of sp³-hybridized carbons (Fsp3) is 0.750. The van der Waals surface area contributed by atoms with Crippen molar-refractivity contribution in [2.45, 2.75) is 46.1 Å². The van der Waals surface area contributed by atoms with Gasteiger partial charge in [0.25, 0.3) is 0 Å². The Labute approximate surface area is 107 Å². The Bertz CT molecular complexity index is 235. The van der Waals surface area contributed by atoms with Crippen LogP contribution in [-0.2, 0) is 19.0 Å². The molecule has 0 spiro atoms. The molecule has 0 bridgehead atoms. The van der Waals surface area contributed by atoms with Crippen LogP contribution in [0.4, 0.5) is 0 Å².